The average molecular weight is 263 g/mol. The van der Waals surface area contributed by atoms with Gasteiger partial charge in [0.25, 0.3) is 0 Å². The van der Waals surface area contributed by atoms with Crippen molar-refractivity contribution in [1.29, 1.82) is 0 Å². The normalized spacial score (nSPS) is 33.8. The zero-order valence-corrected chi connectivity index (χ0v) is 11.2. The van der Waals surface area contributed by atoms with Crippen molar-refractivity contribution in [2.75, 3.05) is 0 Å². The smallest absolute Gasteiger partial charge is 0.225 e. The first-order valence-electron chi connectivity index (χ1n) is 5.59. The summed E-state index contributed by atoms with van der Waals surface area (Å²) >= 11 is 6.28. The number of fused-ring (bicyclic) bond motifs is 1. The highest BCUT2D eigenvalue weighted by Crippen LogP contribution is 2.60. The van der Waals surface area contributed by atoms with Gasteiger partial charge in [0.2, 0.25) is 19.4 Å². The predicted octanol–water partition coefficient (Wildman–Crippen LogP) is 2.47. The Morgan fingerprint density at radius 1 is 1.06 bits per heavy atom. The van der Waals surface area contributed by atoms with Crippen LogP contribution in [-0.2, 0) is 9.59 Å². The highest BCUT2D eigenvalue weighted by molar-refractivity contribution is 7.81. The molecule has 16 heavy (non-hydrogen) atoms. The van der Waals surface area contributed by atoms with E-state index in [1.54, 1.807) is 9.34 Å². The number of carbonyl (C=O) groups excluding carboxylic acids is 2. The first-order valence-corrected chi connectivity index (χ1v) is 7.74. The van der Waals surface area contributed by atoms with Gasteiger partial charge in [0.1, 0.15) is 0 Å². The molecule has 90 valence electrons. The van der Waals surface area contributed by atoms with Gasteiger partial charge >= 0.3 is 0 Å². The van der Waals surface area contributed by atoms with Gasteiger partial charge in [-0.2, -0.15) is 0 Å². The van der Waals surface area contributed by atoms with Crippen LogP contribution in [0.15, 0.2) is 0 Å². The van der Waals surface area contributed by atoms with E-state index in [1.165, 1.54) is 13.8 Å². The number of halogens is 1. The van der Waals surface area contributed by atoms with Crippen molar-refractivity contribution >= 4 is 30.6 Å². The first kappa shape index (κ1) is 12.1. The molecule has 4 nitrogen and oxygen atoms in total. The van der Waals surface area contributed by atoms with Crippen LogP contribution in [0.25, 0.3) is 0 Å². The van der Waals surface area contributed by atoms with Crippen LogP contribution in [0.5, 0.6) is 0 Å². The van der Waals surface area contributed by atoms with Crippen LogP contribution in [0.3, 0.4) is 0 Å². The second-order valence-corrected chi connectivity index (χ2v) is 6.64. The van der Waals surface area contributed by atoms with E-state index in [2.05, 4.69) is 0 Å². The maximum Gasteiger partial charge on any atom is 0.225 e. The molecular weight excluding hydrogens is 247 g/mol. The number of hydrogen-bond acceptors (Lipinski definition) is 2. The molecular formula is C10H16ClN2O2P. The molecule has 0 bridgehead atoms. The molecule has 0 aromatic heterocycles. The van der Waals surface area contributed by atoms with E-state index in [4.69, 9.17) is 11.2 Å². The van der Waals surface area contributed by atoms with Crippen molar-refractivity contribution in [3.8, 4) is 0 Å². The number of rotatable bonds is 0. The van der Waals surface area contributed by atoms with Crippen LogP contribution in [0.1, 0.15) is 39.5 Å². The molecule has 1 aliphatic carbocycles. The summed E-state index contributed by atoms with van der Waals surface area (Å²) in [5.74, 6) is -0.0245. The Morgan fingerprint density at radius 3 is 1.75 bits per heavy atom. The predicted molar refractivity (Wildman–Crippen MR) is 63.9 cm³/mol. The minimum absolute atomic E-state index is 0.0123. The second kappa shape index (κ2) is 4.50. The maximum atomic E-state index is 11.6. The van der Waals surface area contributed by atoms with Crippen LogP contribution in [0.2, 0.25) is 0 Å². The summed E-state index contributed by atoms with van der Waals surface area (Å²) in [4.78, 5) is 23.2. The lowest BCUT2D eigenvalue weighted by Gasteiger charge is -2.30. The Hall–Kier alpha value is -0.340. The van der Waals surface area contributed by atoms with Crippen molar-refractivity contribution in [2.24, 2.45) is 0 Å². The molecule has 0 spiro atoms. The van der Waals surface area contributed by atoms with Gasteiger partial charge in [-0.05, 0) is 24.1 Å². The number of hydrogen-bond donors (Lipinski definition) is 0. The first-order chi connectivity index (χ1) is 7.54. The van der Waals surface area contributed by atoms with Crippen molar-refractivity contribution in [3.05, 3.63) is 0 Å². The van der Waals surface area contributed by atoms with Crippen LogP contribution < -0.4 is 0 Å². The van der Waals surface area contributed by atoms with E-state index in [0.717, 1.165) is 25.7 Å². The molecule has 2 rings (SSSR count). The van der Waals surface area contributed by atoms with Crippen LogP contribution in [0.4, 0.5) is 0 Å². The van der Waals surface area contributed by atoms with E-state index >= 15 is 0 Å². The number of carbonyl (C=O) groups is 2. The van der Waals surface area contributed by atoms with Gasteiger partial charge in [-0.1, -0.05) is 12.8 Å². The Morgan fingerprint density at radius 2 is 1.44 bits per heavy atom. The zero-order chi connectivity index (χ0) is 11.9. The molecule has 2 amide bonds. The molecule has 0 aromatic carbocycles. The Labute approximate surface area is 102 Å². The monoisotopic (exact) mass is 262 g/mol. The molecule has 6 heteroatoms. The number of amides is 2. The topological polar surface area (TPSA) is 40.6 Å². The molecule has 0 N–H and O–H groups in total. The highest BCUT2D eigenvalue weighted by Gasteiger charge is 2.50. The van der Waals surface area contributed by atoms with E-state index in [0.29, 0.717) is 0 Å². The second-order valence-electron chi connectivity index (χ2n) is 4.39. The minimum Gasteiger partial charge on any atom is -0.287 e. The molecule has 1 aliphatic heterocycles. The fourth-order valence-electron chi connectivity index (χ4n) is 2.71. The average Bonchev–Trinajstić information content (AvgIpc) is 2.49. The SMILES string of the molecule is CC(=O)N1C2CCCCC2N(C(C)=O)P1Cl. The van der Waals surface area contributed by atoms with Crippen LogP contribution in [0, 0.1) is 0 Å². The lowest BCUT2D eigenvalue weighted by molar-refractivity contribution is -0.127. The lowest BCUT2D eigenvalue weighted by Crippen LogP contribution is -2.42. The summed E-state index contributed by atoms with van der Waals surface area (Å²) in [6, 6.07) is 0.303. The molecule has 2 unspecified atom stereocenters. The fraction of sp³-hybridized carbons (Fsp3) is 0.800. The van der Waals surface area contributed by atoms with Gasteiger partial charge in [0.15, 0.2) is 0 Å². The summed E-state index contributed by atoms with van der Waals surface area (Å²) in [6.45, 7) is 3.07. The highest BCUT2D eigenvalue weighted by atomic mass is 35.7. The molecule has 0 radical (unpaired) electrons. The number of nitrogens with zero attached hydrogens (tertiary/aromatic N) is 2. The van der Waals surface area contributed by atoms with E-state index in [-0.39, 0.29) is 23.9 Å². The third-order valence-electron chi connectivity index (χ3n) is 3.32. The molecule has 2 atom stereocenters. The van der Waals surface area contributed by atoms with E-state index in [1.807, 2.05) is 0 Å². The summed E-state index contributed by atoms with van der Waals surface area (Å²) in [7, 11) is -1.28. The van der Waals surface area contributed by atoms with Crippen LogP contribution >= 0.6 is 18.8 Å². The van der Waals surface area contributed by atoms with Crippen molar-refractivity contribution in [1.82, 2.24) is 9.34 Å². The zero-order valence-electron chi connectivity index (χ0n) is 9.52. The fourth-order valence-corrected chi connectivity index (χ4v) is 5.72. The third kappa shape index (κ3) is 1.82. The van der Waals surface area contributed by atoms with E-state index in [9.17, 15) is 9.59 Å². The van der Waals surface area contributed by atoms with Crippen molar-refractivity contribution in [2.45, 2.75) is 51.6 Å². The molecule has 1 saturated heterocycles. The lowest BCUT2D eigenvalue weighted by atomic mass is 9.90. The summed E-state index contributed by atoms with van der Waals surface area (Å²) in [6.07, 6.45) is 4.19. The molecule has 1 saturated carbocycles. The van der Waals surface area contributed by atoms with Gasteiger partial charge in [0, 0.05) is 13.8 Å². The summed E-state index contributed by atoms with van der Waals surface area (Å²) < 4.78 is 3.45. The Bertz CT molecular complexity index is 296. The Kier molecular flexibility index (Phi) is 3.41. The van der Waals surface area contributed by atoms with Crippen molar-refractivity contribution < 1.29 is 9.59 Å². The van der Waals surface area contributed by atoms with Gasteiger partial charge in [-0.25, -0.2) is 0 Å². The molecule has 2 aliphatic rings. The summed E-state index contributed by atoms with van der Waals surface area (Å²) in [5, 5.41) is 0. The van der Waals surface area contributed by atoms with E-state index < -0.39 is 7.58 Å². The molecule has 1 heterocycles. The maximum absolute atomic E-state index is 11.6. The minimum atomic E-state index is -1.28. The quantitative estimate of drug-likeness (QED) is 0.629. The molecule has 0 aromatic rings. The van der Waals surface area contributed by atoms with Gasteiger partial charge in [-0.15, -0.1) is 0 Å². The third-order valence-corrected chi connectivity index (χ3v) is 6.17. The van der Waals surface area contributed by atoms with Crippen LogP contribution in [-0.4, -0.2) is 33.2 Å². The van der Waals surface area contributed by atoms with Gasteiger partial charge in [-0.3, -0.25) is 18.9 Å². The largest absolute Gasteiger partial charge is 0.287 e. The Balaban J connectivity index is 2.29. The summed E-state index contributed by atoms with van der Waals surface area (Å²) in [5.41, 5.74) is 0. The molecule has 2 fully saturated rings. The van der Waals surface area contributed by atoms with Gasteiger partial charge < -0.3 is 0 Å². The van der Waals surface area contributed by atoms with Gasteiger partial charge in [0.05, 0.1) is 12.1 Å². The standard InChI is InChI=1S/C10H16ClN2O2P/c1-7(14)12-9-5-3-4-6-10(9)13(8(2)15)16(12)11/h9-10H,3-6H2,1-2H3. The van der Waals surface area contributed by atoms with Crippen molar-refractivity contribution in [3.63, 3.8) is 0 Å².